The molecule has 0 saturated carbocycles. The van der Waals surface area contributed by atoms with Gasteiger partial charge >= 0.3 is 0 Å². The average molecular weight is 255 g/mol. The summed E-state index contributed by atoms with van der Waals surface area (Å²) >= 11 is 0. The first-order chi connectivity index (χ1) is 9.28. The van der Waals surface area contributed by atoms with Crippen LogP contribution in [-0.2, 0) is 6.42 Å². The quantitative estimate of drug-likeness (QED) is 0.893. The Balaban J connectivity index is 1.98. The molecule has 0 aliphatic carbocycles. The highest BCUT2D eigenvalue weighted by atomic mass is 16.6. The molecule has 0 amide bonds. The number of ether oxygens (including phenoxy) is 2. The molecule has 19 heavy (non-hydrogen) atoms. The van der Waals surface area contributed by atoms with E-state index in [2.05, 4.69) is 16.0 Å². The van der Waals surface area contributed by atoms with Gasteiger partial charge in [0, 0.05) is 11.3 Å². The average Bonchev–Trinajstić information content (AvgIpc) is 2.80. The number of benzene rings is 1. The molecule has 1 aromatic heterocycles. The van der Waals surface area contributed by atoms with E-state index in [-0.39, 0.29) is 0 Å². The SMILES string of the molecule is Cc1[nH]c(-c2ccc3c(c2)OCCO3)nc1CC#N. The molecular formula is C14H13N3O2. The highest BCUT2D eigenvalue weighted by Crippen LogP contribution is 2.33. The normalized spacial score (nSPS) is 13.1. The van der Waals surface area contributed by atoms with Crippen LogP contribution >= 0.6 is 0 Å². The fraction of sp³-hybridized carbons (Fsp3) is 0.286. The molecule has 3 rings (SSSR count). The molecular weight excluding hydrogens is 242 g/mol. The molecule has 96 valence electrons. The Morgan fingerprint density at radius 3 is 2.89 bits per heavy atom. The zero-order valence-corrected chi connectivity index (χ0v) is 10.6. The van der Waals surface area contributed by atoms with Crippen molar-refractivity contribution >= 4 is 0 Å². The van der Waals surface area contributed by atoms with E-state index in [1.165, 1.54) is 0 Å². The van der Waals surface area contributed by atoms with Crippen LogP contribution in [0.5, 0.6) is 11.5 Å². The fourth-order valence-electron chi connectivity index (χ4n) is 2.07. The van der Waals surface area contributed by atoms with E-state index in [1.54, 1.807) is 0 Å². The van der Waals surface area contributed by atoms with Crippen LogP contribution in [0.2, 0.25) is 0 Å². The van der Waals surface area contributed by atoms with Crippen molar-refractivity contribution < 1.29 is 9.47 Å². The van der Waals surface area contributed by atoms with Gasteiger partial charge in [0.25, 0.3) is 0 Å². The first-order valence-electron chi connectivity index (χ1n) is 6.10. The van der Waals surface area contributed by atoms with Crippen LogP contribution in [0, 0.1) is 18.3 Å². The molecule has 0 fully saturated rings. The third kappa shape index (κ3) is 2.13. The summed E-state index contributed by atoms with van der Waals surface area (Å²) in [6.07, 6.45) is 0.312. The number of nitriles is 1. The van der Waals surface area contributed by atoms with Gasteiger partial charge in [-0.2, -0.15) is 5.26 Å². The van der Waals surface area contributed by atoms with E-state index in [0.717, 1.165) is 34.3 Å². The van der Waals surface area contributed by atoms with Crippen molar-refractivity contribution in [1.82, 2.24) is 9.97 Å². The Kier molecular flexibility index (Phi) is 2.84. The number of nitrogens with one attached hydrogen (secondary N) is 1. The van der Waals surface area contributed by atoms with E-state index in [1.807, 2.05) is 25.1 Å². The van der Waals surface area contributed by atoms with Crippen molar-refractivity contribution in [2.45, 2.75) is 13.3 Å². The van der Waals surface area contributed by atoms with Gasteiger partial charge in [-0.25, -0.2) is 4.98 Å². The van der Waals surface area contributed by atoms with Gasteiger partial charge in [-0.05, 0) is 25.1 Å². The van der Waals surface area contributed by atoms with Crippen molar-refractivity contribution in [2.24, 2.45) is 0 Å². The summed E-state index contributed by atoms with van der Waals surface area (Å²) in [5.74, 6) is 2.25. The van der Waals surface area contributed by atoms with Gasteiger partial charge in [0.1, 0.15) is 19.0 Å². The Bertz CT molecular complexity index is 655. The molecule has 0 atom stereocenters. The van der Waals surface area contributed by atoms with Gasteiger partial charge in [0.2, 0.25) is 0 Å². The molecule has 5 nitrogen and oxygen atoms in total. The Hall–Kier alpha value is -2.48. The fourth-order valence-corrected chi connectivity index (χ4v) is 2.07. The minimum atomic E-state index is 0.312. The van der Waals surface area contributed by atoms with Crippen LogP contribution in [0.15, 0.2) is 18.2 Å². The molecule has 1 aliphatic rings. The molecule has 1 N–H and O–H groups in total. The highest BCUT2D eigenvalue weighted by Gasteiger charge is 2.14. The Labute approximate surface area is 110 Å². The second-order valence-electron chi connectivity index (χ2n) is 4.35. The molecule has 1 aliphatic heterocycles. The van der Waals surface area contributed by atoms with Gasteiger partial charge in [0.05, 0.1) is 18.2 Å². The number of hydrogen-bond acceptors (Lipinski definition) is 4. The number of rotatable bonds is 2. The molecule has 0 spiro atoms. The van der Waals surface area contributed by atoms with Crippen molar-refractivity contribution in [1.29, 1.82) is 5.26 Å². The maximum atomic E-state index is 8.74. The molecule has 2 heterocycles. The predicted molar refractivity (Wildman–Crippen MR) is 69.1 cm³/mol. The molecule has 2 aromatic rings. The number of imidazole rings is 1. The topological polar surface area (TPSA) is 70.9 Å². The minimum absolute atomic E-state index is 0.312. The minimum Gasteiger partial charge on any atom is -0.486 e. The van der Waals surface area contributed by atoms with Gasteiger partial charge in [-0.15, -0.1) is 0 Å². The summed E-state index contributed by atoms with van der Waals surface area (Å²) in [7, 11) is 0. The van der Waals surface area contributed by atoms with Crippen LogP contribution in [0.4, 0.5) is 0 Å². The number of aryl methyl sites for hydroxylation is 1. The van der Waals surface area contributed by atoms with E-state index >= 15 is 0 Å². The molecule has 1 aromatic carbocycles. The summed E-state index contributed by atoms with van der Waals surface area (Å²) in [6, 6.07) is 7.83. The van der Waals surface area contributed by atoms with Crippen molar-refractivity contribution in [3.63, 3.8) is 0 Å². The third-order valence-corrected chi connectivity index (χ3v) is 3.05. The Morgan fingerprint density at radius 2 is 2.11 bits per heavy atom. The second kappa shape index (κ2) is 4.65. The number of nitrogens with zero attached hydrogens (tertiary/aromatic N) is 2. The van der Waals surface area contributed by atoms with E-state index < -0.39 is 0 Å². The number of aromatic amines is 1. The van der Waals surface area contributed by atoms with Crippen molar-refractivity contribution in [3.05, 3.63) is 29.6 Å². The van der Waals surface area contributed by atoms with Gasteiger partial charge in [-0.3, -0.25) is 0 Å². The number of fused-ring (bicyclic) bond motifs is 1. The van der Waals surface area contributed by atoms with Gasteiger partial charge in [-0.1, -0.05) is 0 Å². The van der Waals surface area contributed by atoms with E-state index in [9.17, 15) is 0 Å². The van der Waals surface area contributed by atoms with E-state index in [0.29, 0.717) is 19.6 Å². The van der Waals surface area contributed by atoms with Crippen molar-refractivity contribution in [2.75, 3.05) is 13.2 Å². The second-order valence-corrected chi connectivity index (χ2v) is 4.35. The number of aromatic nitrogens is 2. The standard InChI is InChI=1S/C14H13N3O2/c1-9-11(4-5-15)17-14(16-9)10-2-3-12-13(8-10)19-7-6-18-12/h2-3,8H,4,6-7H2,1H3,(H,16,17). The number of H-pyrrole nitrogens is 1. The van der Waals surface area contributed by atoms with Crippen LogP contribution in [-0.4, -0.2) is 23.2 Å². The largest absolute Gasteiger partial charge is 0.486 e. The summed E-state index contributed by atoms with van der Waals surface area (Å²) in [4.78, 5) is 7.64. The first kappa shape index (κ1) is 11.6. The van der Waals surface area contributed by atoms with Crippen molar-refractivity contribution in [3.8, 4) is 29.0 Å². The lowest BCUT2D eigenvalue weighted by atomic mass is 10.2. The summed E-state index contributed by atoms with van der Waals surface area (Å²) in [5.41, 5.74) is 2.63. The maximum Gasteiger partial charge on any atom is 0.162 e. The third-order valence-electron chi connectivity index (χ3n) is 3.05. The lowest BCUT2D eigenvalue weighted by molar-refractivity contribution is 0.171. The van der Waals surface area contributed by atoms with Gasteiger partial charge in [0.15, 0.2) is 11.5 Å². The lowest BCUT2D eigenvalue weighted by Gasteiger charge is -2.18. The first-order valence-corrected chi connectivity index (χ1v) is 6.10. The zero-order valence-electron chi connectivity index (χ0n) is 10.6. The molecule has 0 saturated heterocycles. The molecule has 0 radical (unpaired) electrons. The monoisotopic (exact) mass is 255 g/mol. The van der Waals surface area contributed by atoms with Crippen LogP contribution in [0.25, 0.3) is 11.4 Å². The summed E-state index contributed by atoms with van der Waals surface area (Å²) in [5, 5.41) is 8.74. The highest BCUT2D eigenvalue weighted by molar-refractivity contribution is 5.62. The lowest BCUT2D eigenvalue weighted by Crippen LogP contribution is -2.15. The molecule has 0 bridgehead atoms. The summed E-state index contributed by atoms with van der Waals surface area (Å²) in [6.45, 7) is 3.06. The van der Waals surface area contributed by atoms with E-state index in [4.69, 9.17) is 14.7 Å². The predicted octanol–water partition coefficient (Wildman–Crippen LogP) is 2.22. The van der Waals surface area contributed by atoms with Crippen LogP contribution in [0.3, 0.4) is 0 Å². The smallest absolute Gasteiger partial charge is 0.162 e. The van der Waals surface area contributed by atoms with Crippen LogP contribution < -0.4 is 9.47 Å². The zero-order chi connectivity index (χ0) is 13.2. The van der Waals surface area contributed by atoms with Gasteiger partial charge < -0.3 is 14.5 Å². The van der Waals surface area contributed by atoms with Crippen LogP contribution in [0.1, 0.15) is 11.4 Å². The summed E-state index contributed by atoms with van der Waals surface area (Å²) < 4.78 is 11.0. The Morgan fingerprint density at radius 1 is 1.32 bits per heavy atom. The molecule has 5 heteroatoms. The molecule has 0 unspecified atom stereocenters. The number of hydrogen-bond donors (Lipinski definition) is 1. The maximum absolute atomic E-state index is 8.74.